The molecule has 4 rings (SSSR count). The molecule has 2 aromatic carbocycles. The molecule has 0 atom stereocenters. The van der Waals surface area contributed by atoms with Crippen molar-refractivity contribution in [2.45, 2.75) is 26.4 Å². The van der Waals surface area contributed by atoms with Gasteiger partial charge in [0.05, 0.1) is 5.92 Å². The molecule has 1 aliphatic rings. The number of nitrogens with zero attached hydrogens (tertiary/aromatic N) is 3. The van der Waals surface area contributed by atoms with Gasteiger partial charge in [0.1, 0.15) is 0 Å². The van der Waals surface area contributed by atoms with Crippen LogP contribution in [0.25, 0.3) is 11.4 Å². The fraction of sp³-hybridized carbons (Fsp3) is 0.304. The summed E-state index contributed by atoms with van der Waals surface area (Å²) in [5.41, 5.74) is 2.73. The van der Waals surface area contributed by atoms with Crippen molar-refractivity contribution in [3.8, 4) is 11.4 Å². The van der Waals surface area contributed by atoms with Crippen molar-refractivity contribution in [1.82, 2.24) is 15.0 Å². The van der Waals surface area contributed by atoms with Gasteiger partial charge in [-0.25, -0.2) is 4.79 Å². The number of para-hydroxylation sites is 1. The number of hydrogen-bond acceptors (Lipinski definition) is 6. The van der Waals surface area contributed by atoms with Crippen LogP contribution in [0, 0.1) is 12.8 Å². The van der Waals surface area contributed by atoms with Crippen molar-refractivity contribution in [2.75, 3.05) is 18.4 Å². The van der Waals surface area contributed by atoms with Gasteiger partial charge in [-0.1, -0.05) is 53.2 Å². The molecule has 1 fully saturated rings. The molecule has 160 valence electrons. The molecular formula is C23H24N4O4. The smallest absolute Gasteiger partial charge is 0.321 e. The largest absolute Gasteiger partial charge is 0.455 e. The van der Waals surface area contributed by atoms with Gasteiger partial charge in [0.15, 0.2) is 6.61 Å². The maximum absolute atomic E-state index is 12.4. The van der Waals surface area contributed by atoms with Crippen LogP contribution in [0.4, 0.5) is 10.5 Å². The Morgan fingerprint density at radius 2 is 1.81 bits per heavy atom. The predicted octanol–water partition coefficient (Wildman–Crippen LogP) is 4.03. The second kappa shape index (κ2) is 9.42. The van der Waals surface area contributed by atoms with Crippen LogP contribution in [0.2, 0.25) is 0 Å². The van der Waals surface area contributed by atoms with E-state index in [1.165, 1.54) is 0 Å². The summed E-state index contributed by atoms with van der Waals surface area (Å²) in [6, 6.07) is 16.9. The maximum atomic E-state index is 12.4. The third kappa shape index (κ3) is 5.28. The van der Waals surface area contributed by atoms with Gasteiger partial charge in [-0.15, -0.1) is 0 Å². The highest BCUT2D eigenvalue weighted by Crippen LogP contribution is 2.21. The van der Waals surface area contributed by atoms with E-state index in [-0.39, 0.29) is 30.4 Å². The molecule has 0 radical (unpaired) electrons. The molecule has 1 aliphatic heterocycles. The van der Waals surface area contributed by atoms with Crippen LogP contribution in [0.5, 0.6) is 0 Å². The third-order valence-electron chi connectivity index (χ3n) is 5.26. The maximum Gasteiger partial charge on any atom is 0.321 e. The Kier molecular flexibility index (Phi) is 6.26. The van der Waals surface area contributed by atoms with Crippen LogP contribution in [-0.4, -0.2) is 40.1 Å². The van der Waals surface area contributed by atoms with Crippen LogP contribution in [0.3, 0.4) is 0 Å². The number of esters is 1. The summed E-state index contributed by atoms with van der Waals surface area (Å²) < 4.78 is 10.6. The monoisotopic (exact) mass is 420 g/mol. The average molecular weight is 420 g/mol. The Balaban J connectivity index is 1.23. The number of hydrogen-bond donors (Lipinski definition) is 1. The van der Waals surface area contributed by atoms with Crippen molar-refractivity contribution < 1.29 is 18.8 Å². The van der Waals surface area contributed by atoms with Crippen LogP contribution < -0.4 is 5.32 Å². The molecule has 0 unspecified atom stereocenters. The molecule has 0 spiro atoms. The fourth-order valence-corrected chi connectivity index (χ4v) is 3.43. The van der Waals surface area contributed by atoms with Crippen LogP contribution in [0.1, 0.15) is 24.3 Å². The van der Waals surface area contributed by atoms with Gasteiger partial charge < -0.3 is 19.5 Å². The van der Waals surface area contributed by atoms with E-state index in [1.807, 2.05) is 61.5 Å². The number of piperidine rings is 1. The molecule has 8 heteroatoms. The summed E-state index contributed by atoms with van der Waals surface area (Å²) >= 11 is 0. The number of amides is 2. The predicted molar refractivity (Wildman–Crippen MR) is 114 cm³/mol. The topological polar surface area (TPSA) is 97.6 Å². The van der Waals surface area contributed by atoms with Gasteiger partial charge in [-0.2, -0.15) is 4.98 Å². The molecule has 2 heterocycles. The number of benzene rings is 2. The lowest BCUT2D eigenvalue weighted by atomic mass is 9.97. The zero-order valence-electron chi connectivity index (χ0n) is 17.3. The van der Waals surface area contributed by atoms with Gasteiger partial charge in [0.25, 0.3) is 5.89 Å². The number of aromatic nitrogens is 2. The van der Waals surface area contributed by atoms with Gasteiger partial charge in [-0.3, -0.25) is 4.79 Å². The molecule has 0 aliphatic carbocycles. The lowest BCUT2D eigenvalue weighted by molar-refractivity contribution is -0.152. The number of aryl methyl sites for hydroxylation is 1. The van der Waals surface area contributed by atoms with Gasteiger partial charge in [0.2, 0.25) is 5.82 Å². The molecule has 31 heavy (non-hydrogen) atoms. The van der Waals surface area contributed by atoms with E-state index >= 15 is 0 Å². The van der Waals surface area contributed by atoms with Crippen molar-refractivity contribution in [1.29, 1.82) is 0 Å². The molecule has 3 aromatic rings. The average Bonchev–Trinajstić information content (AvgIpc) is 3.28. The van der Waals surface area contributed by atoms with E-state index in [4.69, 9.17) is 9.26 Å². The van der Waals surface area contributed by atoms with E-state index in [1.54, 1.807) is 4.90 Å². The van der Waals surface area contributed by atoms with Crippen molar-refractivity contribution in [3.05, 3.63) is 66.1 Å². The van der Waals surface area contributed by atoms with E-state index < -0.39 is 0 Å². The number of urea groups is 1. The van der Waals surface area contributed by atoms with Crippen molar-refractivity contribution in [2.24, 2.45) is 5.92 Å². The first-order chi connectivity index (χ1) is 15.1. The molecule has 2 amide bonds. The minimum Gasteiger partial charge on any atom is -0.455 e. The molecule has 0 saturated carbocycles. The minimum atomic E-state index is -0.307. The zero-order valence-corrected chi connectivity index (χ0v) is 17.3. The molecular weight excluding hydrogens is 396 g/mol. The Morgan fingerprint density at radius 3 is 2.52 bits per heavy atom. The molecule has 0 bridgehead atoms. The molecule has 8 nitrogen and oxygen atoms in total. The number of nitrogens with one attached hydrogen (secondary N) is 1. The molecule has 1 aromatic heterocycles. The summed E-state index contributed by atoms with van der Waals surface area (Å²) in [6.07, 6.45) is 1.11. The van der Waals surface area contributed by atoms with Gasteiger partial charge in [-0.05, 0) is 31.9 Å². The SMILES string of the molecule is Cc1ccc(-c2noc(COC(=O)C3CCN(C(=O)Nc4ccccc4)CC3)n2)cc1. The van der Waals surface area contributed by atoms with E-state index in [2.05, 4.69) is 15.5 Å². The minimum absolute atomic E-state index is 0.0631. The lowest BCUT2D eigenvalue weighted by Crippen LogP contribution is -2.42. The third-order valence-corrected chi connectivity index (χ3v) is 5.26. The van der Waals surface area contributed by atoms with Crippen molar-refractivity contribution in [3.63, 3.8) is 0 Å². The highest BCUT2D eigenvalue weighted by atomic mass is 16.6. The summed E-state index contributed by atoms with van der Waals surface area (Å²) in [5.74, 6) is 0.158. The molecule has 1 N–H and O–H groups in total. The van der Waals surface area contributed by atoms with Crippen molar-refractivity contribution >= 4 is 17.7 Å². The number of rotatable bonds is 5. The Hall–Kier alpha value is -3.68. The fourth-order valence-electron chi connectivity index (χ4n) is 3.43. The van der Waals surface area contributed by atoms with E-state index in [9.17, 15) is 9.59 Å². The lowest BCUT2D eigenvalue weighted by Gasteiger charge is -2.30. The zero-order chi connectivity index (χ0) is 21.6. The Labute approximate surface area is 180 Å². The van der Waals surface area contributed by atoms with Gasteiger partial charge in [0, 0.05) is 24.3 Å². The summed E-state index contributed by atoms with van der Waals surface area (Å²) in [7, 11) is 0. The highest BCUT2D eigenvalue weighted by molar-refractivity contribution is 5.89. The second-order valence-corrected chi connectivity index (χ2v) is 7.54. The molecule has 1 saturated heterocycles. The highest BCUT2D eigenvalue weighted by Gasteiger charge is 2.28. The van der Waals surface area contributed by atoms with Crippen LogP contribution >= 0.6 is 0 Å². The number of likely N-dealkylation sites (tertiary alicyclic amines) is 1. The van der Waals surface area contributed by atoms with Crippen LogP contribution in [-0.2, 0) is 16.1 Å². The number of carbonyl (C=O) groups is 2. The summed E-state index contributed by atoms with van der Waals surface area (Å²) in [5, 5.41) is 6.81. The first-order valence-corrected chi connectivity index (χ1v) is 10.3. The Bertz CT molecular complexity index is 1030. The first kappa shape index (κ1) is 20.6. The second-order valence-electron chi connectivity index (χ2n) is 7.54. The van der Waals surface area contributed by atoms with Crippen LogP contribution in [0.15, 0.2) is 59.1 Å². The number of carbonyl (C=O) groups excluding carboxylic acids is 2. The summed E-state index contributed by atoms with van der Waals surface area (Å²) in [4.78, 5) is 30.8. The standard InChI is InChI=1S/C23H24N4O4/c1-16-7-9-17(10-8-16)21-25-20(31-26-21)15-30-22(28)18-11-13-27(14-12-18)23(29)24-19-5-3-2-4-6-19/h2-10,18H,11-15H2,1H3,(H,24,29). The Morgan fingerprint density at radius 1 is 1.10 bits per heavy atom. The van der Waals surface area contributed by atoms with Gasteiger partial charge >= 0.3 is 12.0 Å². The van der Waals surface area contributed by atoms with E-state index in [0.717, 1.165) is 16.8 Å². The number of ether oxygens (including phenoxy) is 1. The van der Waals surface area contributed by atoms with E-state index in [0.29, 0.717) is 31.8 Å². The quantitative estimate of drug-likeness (QED) is 0.626. The number of anilines is 1. The first-order valence-electron chi connectivity index (χ1n) is 10.3. The normalized spacial score (nSPS) is 14.3. The summed E-state index contributed by atoms with van der Waals surface area (Å²) in [6.45, 7) is 2.94.